The molecule has 3 nitrogen and oxygen atoms in total. The Morgan fingerprint density at radius 1 is 1.13 bits per heavy atom. The minimum absolute atomic E-state index is 0.202. The molecule has 0 aliphatic carbocycles. The summed E-state index contributed by atoms with van der Waals surface area (Å²) >= 11 is 6.35. The Balaban J connectivity index is 2.36. The average molecular weight is 342 g/mol. The van der Waals surface area contributed by atoms with E-state index < -0.39 is 11.6 Å². The van der Waals surface area contributed by atoms with E-state index in [4.69, 9.17) is 26.8 Å². The monoisotopic (exact) mass is 341 g/mol. The quantitative estimate of drug-likeness (QED) is 0.866. The van der Waals surface area contributed by atoms with Crippen LogP contribution in [0.4, 0.5) is 8.78 Å². The predicted molar refractivity (Wildman–Crippen MR) is 86.4 cm³/mol. The van der Waals surface area contributed by atoms with Crippen LogP contribution in [-0.2, 0) is 6.42 Å². The summed E-state index contributed by atoms with van der Waals surface area (Å²) in [6.45, 7) is 0.202. The van der Waals surface area contributed by atoms with E-state index in [-0.39, 0.29) is 12.5 Å². The van der Waals surface area contributed by atoms with Gasteiger partial charge in [-0.3, -0.25) is 0 Å². The van der Waals surface area contributed by atoms with Crippen molar-refractivity contribution in [2.75, 3.05) is 20.8 Å². The van der Waals surface area contributed by atoms with E-state index in [1.807, 2.05) is 0 Å². The molecule has 0 saturated carbocycles. The molecule has 0 amide bonds. The van der Waals surface area contributed by atoms with Crippen LogP contribution in [0, 0.1) is 11.6 Å². The summed E-state index contributed by atoms with van der Waals surface area (Å²) in [7, 11) is 3.01. The van der Waals surface area contributed by atoms with Crippen LogP contribution in [-0.4, -0.2) is 20.8 Å². The molecule has 0 fully saturated rings. The van der Waals surface area contributed by atoms with Gasteiger partial charge in [-0.2, -0.15) is 0 Å². The molecule has 2 rings (SSSR count). The summed E-state index contributed by atoms with van der Waals surface area (Å²) in [5.74, 6) is -0.630. The minimum Gasteiger partial charge on any atom is -0.493 e. The number of methoxy groups -OCH3 is 2. The van der Waals surface area contributed by atoms with E-state index in [1.54, 1.807) is 12.1 Å². The van der Waals surface area contributed by atoms with Crippen molar-refractivity contribution in [3.8, 4) is 11.5 Å². The van der Waals surface area contributed by atoms with Gasteiger partial charge in [0.15, 0.2) is 11.5 Å². The van der Waals surface area contributed by atoms with Crippen LogP contribution < -0.4 is 15.2 Å². The Morgan fingerprint density at radius 3 is 2.43 bits per heavy atom. The summed E-state index contributed by atoms with van der Waals surface area (Å²) in [4.78, 5) is 0. The lowest BCUT2D eigenvalue weighted by Gasteiger charge is -2.19. The summed E-state index contributed by atoms with van der Waals surface area (Å²) in [5, 5.41) is 0.396. The number of hydrogen-bond acceptors (Lipinski definition) is 3. The number of rotatable bonds is 6. The average Bonchev–Trinajstić information content (AvgIpc) is 2.54. The maximum absolute atomic E-state index is 14.0. The highest BCUT2D eigenvalue weighted by atomic mass is 35.5. The molecule has 1 atom stereocenters. The second-order valence-electron chi connectivity index (χ2n) is 5.08. The van der Waals surface area contributed by atoms with Gasteiger partial charge in [-0.1, -0.05) is 23.7 Å². The Labute approximate surface area is 139 Å². The summed E-state index contributed by atoms with van der Waals surface area (Å²) in [6, 6.07) is 7.00. The van der Waals surface area contributed by atoms with E-state index in [0.29, 0.717) is 28.5 Å². The Hall–Kier alpha value is -1.85. The van der Waals surface area contributed by atoms with E-state index in [9.17, 15) is 8.78 Å². The molecule has 1 unspecified atom stereocenters. The number of benzene rings is 2. The van der Waals surface area contributed by atoms with Crippen molar-refractivity contribution in [1.29, 1.82) is 0 Å². The van der Waals surface area contributed by atoms with Crippen molar-refractivity contribution in [3.63, 3.8) is 0 Å². The lowest BCUT2D eigenvalue weighted by Crippen LogP contribution is -2.17. The van der Waals surface area contributed by atoms with Crippen LogP contribution >= 0.6 is 11.6 Å². The van der Waals surface area contributed by atoms with E-state index in [2.05, 4.69) is 0 Å². The fraction of sp³-hybridized carbons (Fsp3) is 0.294. The highest BCUT2D eigenvalue weighted by Crippen LogP contribution is 2.39. The topological polar surface area (TPSA) is 44.5 Å². The van der Waals surface area contributed by atoms with Crippen molar-refractivity contribution in [2.45, 2.75) is 12.3 Å². The second-order valence-corrected chi connectivity index (χ2v) is 5.45. The lowest BCUT2D eigenvalue weighted by atomic mass is 9.91. The summed E-state index contributed by atoms with van der Waals surface area (Å²) in [6.07, 6.45) is 0.401. The van der Waals surface area contributed by atoms with Crippen molar-refractivity contribution >= 4 is 11.6 Å². The fourth-order valence-corrected chi connectivity index (χ4v) is 2.82. The molecule has 0 bridgehead atoms. The number of ether oxygens (including phenoxy) is 2. The Morgan fingerprint density at radius 2 is 1.87 bits per heavy atom. The molecule has 0 saturated heterocycles. The molecule has 0 aromatic heterocycles. The molecule has 23 heavy (non-hydrogen) atoms. The predicted octanol–water partition coefficient (Wildman–Crippen LogP) is 3.92. The van der Waals surface area contributed by atoms with Crippen LogP contribution in [0.25, 0.3) is 0 Å². The maximum atomic E-state index is 14.0. The van der Waals surface area contributed by atoms with Gasteiger partial charge in [0, 0.05) is 12.0 Å². The van der Waals surface area contributed by atoms with E-state index >= 15 is 0 Å². The van der Waals surface area contributed by atoms with Crippen LogP contribution in [0.5, 0.6) is 11.5 Å². The third kappa shape index (κ3) is 3.74. The molecule has 124 valence electrons. The van der Waals surface area contributed by atoms with Crippen LogP contribution in [0.15, 0.2) is 30.3 Å². The highest BCUT2D eigenvalue weighted by molar-refractivity contribution is 6.33. The summed E-state index contributed by atoms with van der Waals surface area (Å²) < 4.78 is 37.5. The van der Waals surface area contributed by atoms with Crippen molar-refractivity contribution < 1.29 is 18.3 Å². The first-order valence-electron chi connectivity index (χ1n) is 7.06. The first kappa shape index (κ1) is 17.5. The van der Waals surface area contributed by atoms with Gasteiger partial charge in [-0.15, -0.1) is 0 Å². The van der Waals surface area contributed by atoms with Crippen LogP contribution in [0.3, 0.4) is 0 Å². The molecule has 0 aliphatic rings. The lowest BCUT2D eigenvalue weighted by molar-refractivity contribution is 0.354. The molecule has 0 spiro atoms. The maximum Gasteiger partial charge on any atom is 0.179 e. The minimum atomic E-state index is -0.619. The van der Waals surface area contributed by atoms with Crippen molar-refractivity contribution in [3.05, 3.63) is 58.1 Å². The standard InChI is InChI=1S/C17H18ClF2NO2/c1-22-15-6-3-10(16(18)17(15)23-2)7-11(9-21)13-5-4-12(19)8-14(13)20/h3-6,8,11H,7,9,21H2,1-2H3. The van der Waals surface area contributed by atoms with Crippen molar-refractivity contribution in [2.24, 2.45) is 5.73 Å². The largest absolute Gasteiger partial charge is 0.493 e. The first-order chi connectivity index (χ1) is 11.0. The van der Waals surface area contributed by atoms with E-state index in [1.165, 1.54) is 26.4 Å². The number of hydrogen-bond donors (Lipinski definition) is 1. The fourth-order valence-electron chi connectivity index (χ4n) is 2.51. The molecule has 0 radical (unpaired) electrons. The SMILES string of the molecule is COc1ccc(CC(CN)c2ccc(F)cc2F)c(Cl)c1OC. The van der Waals surface area contributed by atoms with Crippen LogP contribution in [0.2, 0.25) is 5.02 Å². The van der Waals surface area contributed by atoms with Crippen LogP contribution in [0.1, 0.15) is 17.0 Å². The van der Waals surface area contributed by atoms with E-state index in [0.717, 1.165) is 11.6 Å². The van der Waals surface area contributed by atoms with Gasteiger partial charge >= 0.3 is 0 Å². The van der Waals surface area contributed by atoms with Gasteiger partial charge in [0.1, 0.15) is 11.6 Å². The van der Waals surface area contributed by atoms with Gasteiger partial charge < -0.3 is 15.2 Å². The molecule has 2 N–H and O–H groups in total. The number of halogens is 3. The third-order valence-corrected chi connectivity index (χ3v) is 4.13. The third-order valence-electron chi connectivity index (χ3n) is 3.72. The van der Waals surface area contributed by atoms with Gasteiger partial charge in [-0.25, -0.2) is 8.78 Å². The molecular weight excluding hydrogens is 324 g/mol. The number of nitrogens with two attached hydrogens (primary N) is 1. The molecule has 6 heteroatoms. The Kier molecular flexibility index (Phi) is 5.80. The molecule has 2 aromatic rings. The van der Waals surface area contributed by atoms with Gasteiger partial charge in [-0.05, 0) is 36.2 Å². The smallest absolute Gasteiger partial charge is 0.179 e. The zero-order valence-electron chi connectivity index (χ0n) is 12.9. The van der Waals surface area contributed by atoms with Gasteiger partial charge in [0.05, 0.1) is 19.2 Å². The first-order valence-corrected chi connectivity index (χ1v) is 7.44. The normalized spacial score (nSPS) is 12.1. The zero-order valence-corrected chi connectivity index (χ0v) is 13.7. The molecular formula is C17H18ClF2NO2. The van der Waals surface area contributed by atoms with Gasteiger partial charge in [0.2, 0.25) is 0 Å². The Bertz CT molecular complexity index is 695. The zero-order chi connectivity index (χ0) is 17.0. The van der Waals surface area contributed by atoms with Gasteiger partial charge in [0.25, 0.3) is 0 Å². The summed E-state index contributed by atoms with van der Waals surface area (Å²) in [5.41, 5.74) is 6.89. The highest BCUT2D eigenvalue weighted by Gasteiger charge is 2.20. The molecule has 0 aliphatic heterocycles. The van der Waals surface area contributed by atoms with Crippen molar-refractivity contribution in [1.82, 2.24) is 0 Å². The second kappa shape index (κ2) is 7.62. The molecule has 0 heterocycles. The molecule has 2 aromatic carbocycles.